The molecule has 0 aliphatic carbocycles. The monoisotopic (exact) mass is 328 g/mol. The van der Waals surface area contributed by atoms with Crippen LogP contribution in [-0.2, 0) is 11.3 Å². The predicted octanol–water partition coefficient (Wildman–Crippen LogP) is 3.34. The third-order valence-corrected chi connectivity index (χ3v) is 3.84. The molecule has 0 saturated heterocycles. The van der Waals surface area contributed by atoms with Gasteiger partial charge >= 0.3 is 0 Å². The first-order valence-electron chi connectivity index (χ1n) is 8.06. The van der Waals surface area contributed by atoms with E-state index in [0.29, 0.717) is 19.0 Å². The first-order chi connectivity index (χ1) is 11.7. The minimum atomic E-state index is -0.266. The number of rotatable bonds is 6. The van der Waals surface area contributed by atoms with Crippen molar-refractivity contribution in [3.63, 3.8) is 0 Å². The average Bonchev–Trinajstić information content (AvgIpc) is 3.04. The van der Waals surface area contributed by atoms with Gasteiger partial charge in [-0.2, -0.15) is 0 Å². The van der Waals surface area contributed by atoms with Crippen LogP contribution >= 0.6 is 0 Å². The van der Waals surface area contributed by atoms with E-state index < -0.39 is 0 Å². The van der Waals surface area contributed by atoms with Crippen LogP contribution in [0.2, 0.25) is 0 Å². The molecule has 0 amide bonds. The van der Waals surface area contributed by atoms with Crippen molar-refractivity contribution in [3.8, 4) is 11.4 Å². The number of ether oxygens (including phenoxy) is 1. The van der Waals surface area contributed by atoms with Crippen LogP contribution in [-0.4, -0.2) is 16.2 Å². The maximum Gasteiger partial charge on any atom is 0.205 e. The van der Waals surface area contributed by atoms with Gasteiger partial charge in [0.2, 0.25) is 5.88 Å². The highest BCUT2D eigenvalue weighted by molar-refractivity contribution is 5.55. The largest absolute Gasteiger partial charge is 0.478 e. The molecule has 2 N–H and O–H groups in total. The molecule has 0 fully saturated rings. The summed E-state index contributed by atoms with van der Waals surface area (Å²) in [6.07, 6.45) is 6.51. The molecule has 0 saturated carbocycles. The number of hydrogen-bond donors (Lipinski definition) is 2. The SMILES string of the molecule is CCOC1=CC(CC)=C(Cn2ccnc2-c2cccc(F)c2)NN1. The summed E-state index contributed by atoms with van der Waals surface area (Å²) in [4.78, 5) is 4.37. The van der Waals surface area contributed by atoms with Gasteiger partial charge in [-0.15, -0.1) is 0 Å². The molecule has 0 radical (unpaired) electrons. The summed E-state index contributed by atoms with van der Waals surface area (Å²) in [5.74, 6) is 1.19. The Hall–Kier alpha value is -2.76. The molecular formula is C18H21FN4O. The summed E-state index contributed by atoms with van der Waals surface area (Å²) in [6, 6.07) is 6.48. The van der Waals surface area contributed by atoms with Crippen molar-refractivity contribution in [1.82, 2.24) is 20.4 Å². The van der Waals surface area contributed by atoms with Crippen molar-refractivity contribution in [1.29, 1.82) is 0 Å². The summed E-state index contributed by atoms with van der Waals surface area (Å²) in [7, 11) is 0. The van der Waals surface area contributed by atoms with Gasteiger partial charge in [-0.05, 0) is 31.1 Å². The molecule has 0 spiro atoms. The second-order valence-electron chi connectivity index (χ2n) is 5.44. The molecule has 126 valence electrons. The molecule has 3 rings (SSSR count). The third-order valence-electron chi connectivity index (χ3n) is 3.84. The number of allylic oxidation sites excluding steroid dienone is 3. The number of aromatic nitrogens is 2. The first-order valence-corrected chi connectivity index (χ1v) is 8.06. The third kappa shape index (κ3) is 3.42. The van der Waals surface area contributed by atoms with E-state index in [0.717, 1.165) is 29.1 Å². The Morgan fingerprint density at radius 3 is 2.88 bits per heavy atom. The zero-order valence-corrected chi connectivity index (χ0v) is 13.8. The van der Waals surface area contributed by atoms with Crippen LogP contribution in [0.3, 0.4) is 0 Å². The van der Waals surface area contributed by atoms with E-state index in [1.54, 1.807) is 12.3 Å². The zero-order valence-electron chi connectivity index (χ0n) is 13.8. The summed E-state index contributed by atoms with van der Waals surface area (Å²) >= 11 is 0. The van der Waals surface area contributed by atoms with Crippen LogP contribution in [0.4, 0.5) is 4.39 Å². The highest BCUT2D eigenvalue weighted by atomic mass is 19.1. The molecule has 5 nitrogen and oxygen atoms in total. The van der Waals surface area contributed by atoms with Gasteiger partial charge in [0.1, 0.15) is 11.6 Å². The Morgan fingerprint density at radius 2 is 2.12 bits per heavy atom. The molecule has 24 heavy (non-hydrogen) atoms. The number of benzene rings is 1. The maximum absolute atomic E-state index is 13.5. The van der Waals surface area contributed by atoms with E-state index in [1.807, 2.05) is 29.8 Å². The highest BCUT2D eigenvalue weighted by Gasteiger charge is 2.15. The van der Waals surface area contributed by atoms with E-state index in [2.05, 4.69) is 22.8 Å². The molecule has 1 aromatic carbocycles. The summed E-state index contributed by atoms with van der Waals surface area (Å²) in [5, 5.41) is 0. The first kappa shape index (κ1) is 16.1. The molecule has 0 unspecified atom stereocenters. The van der Waals surface area contributed by atoms with Crippen molar-refractivity contribution in [2.45, 2.75) is 26.8 Å². The summed E-state index contributed by atoms with van der Waals surface area (Å²) in [6.45, 7) is 5.27. The van der Waals surface area contributed by atoms with E-state index in [1.165, 1.54) is 12.1 Å². The number of nitrogens with zero attached hydrogens (tertiary/aromatic N) is 2. The topological polar surface area (TPSA) is 51.1 Å². The van der Waals surface area contributed by atoms with Gasteiger partial charge in [0.05, 0.1) is 18.8 Å². The number of imidazole rings is 1. The fourth-order valence-corrected chi connectivity index (χ4v) is 2.68. The van der Waals surface area contributed by atoms with Crippen LogP contribution in [0.25, 0.3) is 11.4 Å². The minimum Gasteiger partial charge on any atom is -0.478 e. The van der Waals surface area contributed by atoms with Crippen molar-refractivity contribution in [3.05, 3.63) is 65.7 Å². The second kappa shape index (κ2) is 7.21. The lowest BCUT2D eigenvalue weighted by Gasteiger charge is -2.24. The average molecular weight is 328 g/mol. The Balaban J connectivity index is 1.88. The van der Waals surface area contributed by atoms with Crippen molar-refractivity contribution < 1.29 is 9.13 Å². The minimum absolute atomic E-state index is 0.266. The molecule has 1 aliphatic heterocycles. The van der Waals surface area contributed by atoms with Crippen molar-refractivity contribution in [2.24, 2.45) is 0 Å². The van der Waals surface area contributed by atoms with Gasteiger partial charge in [0.25, 0.3) is 0 Å². The Labute approximate surface area is 140 Å². The van der Waals surface area contributed by atoms with E-state index in [9.17, 15) is 4.39 Å². The van der Waals surface area contributed by atoms with Crippen molar-refractivity contribution in [2.75, 3.05) is 6.61 Å². The number of nitrogens with one attached hydrogen (secondary N) is 2. The fraction of sp³-hybridized carbons (Fsp3) is 0.278. The number of hydrogen-bond acceptors (Lipinski definition) is 4. The highest BCUT2D eigenvalue weighted by Crippen LogP contribution is 2.21. The Kier molecular flexibility index (Phi) is 4.84. The standard InChI is InChI=1S/C18H21FN4O/c1-3-13-11-17(24-4-2)22-21-16(13)12-23-9-8-20-18(23)14-6-5-7-15(19)10-14/h5-11,21-22H,3-4,12H2,1-2H3. The molecule has 0 bridgehead atoms. The molecular weight excluding hydrogens is 307 g/mol. The van der Waals surface area contributed by atoms with E-state index in [4.69, 9.17) is 4.74 Å². The van der Waals surface area contributed by atoms with Crippen LogP contribution < -0.4 is 10.9 Å². The smallest absolute Gasteiger partial charge is 0.205 e. The molecule has 6 heteroatoms. The van der Waals surface area contributed by atoms with Gasteiger partial charge in [-0.1, -0.05) is 19.1 Å². The second-order valence-corrected chi connectivity index (χ2v) is 5.44. The Bertz CT molecular complexity index is 779. The van der Waals surface area contributed by atoms with Crippen LogP contribution in [0.5, 0.6) is 0 Å². The van der Waals surface area contributed by atoms with Crippen LogP contribution in [0.15, 0.2) is 59.9 Å². The van der Waals surface area contributed by atoms with Crippen LogP contribution in [0, 0.1) is 5.82 Å². The van der Waals surface area contributed by atoms with Gasteiger partial charge in [-0.3, -0.25) is 5.43 Å². The van der Waals surface area contributed by atoms with Gasteiger partial charge in [-0.25, -0.2) is 9.37 Å². The fourth-order valence-electron chi connectivity index (χ4n) is 2.68. The normalized spacial score (nSPS) is 14.0. The molecule has 0 atom stereocenters. The zero-order chi connectivity index (χ0) is 16.9. The lowest BCUT2D eigenvalue weighted by Crippen LogP contribution is -2.36. The van der Waals surface area contributed by atoms with Gasteiger partial charge in [0.15, 0.2) is 0 Å². The number of halogens is 1. The predicted molar refractivity (Wildman–Crippen MR) is 90.9 cm³/mol. The molecule has 2 heterocycles. The van der Waals surface area contributed by atoms with Crippen molar-refractivity contribution >= 4 is 0 Å². The van der Waals surface area contributed by atoms with E-state index >= 15 is 0 Å². The molecule has 2 aromatic rings. The molecule has 1 aromatic heterocycles. The lowest BCUT2D eigenvalue weighted by atomic mass is 10.1. The quantitative estimate of drug-likeness (QED) is 0.854. The number of hydrazine groups is 1. The summed E-state index contributed by atoms with van der Waals surface area (Å²) < 4.78 is 21.0. The summed E-state index contributed by atoms with van der Waals surface area (Å²) in [5.41, 5.74) is 9.21. The Morgan fingerprint density at radius 1 is 1.25 bits per heavy atom. The molecule has 1 aliphatic rings. The van der Waals surface area contributed by atoms with Crippen LogP contribution in [0.1, 0.15) is 20.3 Å². The van der Waals surface area contributed by atoms with Gasteiger partial charge in [0, 0.05) is 24.0 Å². The van der Waals surface area contributed by atoms with E-state index in [-0.39, 0.29) is 5.82 Å². The lowest BCUT2D eigenvalue weighted by molar-refractivity contribution is 0.195. The van der Waals surface area contributed by atoms with Gasteiger partial charge < -0.3 is 14.7 Å². The maximum atomic E-state index is 13.5.